The Morgan fingerprint density at radius 3 is 3.00 bits per heavy atom. The van der Waals surface area contributed by atoms with Gasteiger partial charge in [0.25, 0.3) is 0 Å². The van der Waals surface area contributed by atoms with Gasteiger partial charge in [0.2, 0.25) is 0 Å². The third-order valence-electron chi connectivity index (χ3n) is 3.76. The monoisotopic (exact) mass is 250 g/mol. The highest BCUT2D eigenvalue weighted by Crippen LogP contribution is 2.35. The molecular weight excluding hydrogens is 228 g/mol. The zero-order valence-electron chi connectivity index (χ0n) is 10.6. The summed E-state index contributed by atoms with van der Waals surface area (Å²) in [5.41, 5.74) is 2.53. The van der Waals surface area contributed by atoms with Crippen LogP contribution in [0.25, 0.3) is 0 Å². The lowest BCUT2D eigenvalue weighted by atomic mass is 9.90. The highest BCUT2D eigenvalue weighted by molar-refractivity contribution is 7.98. The Hall–Kier alpha value is -0.470. The highest BCUT2D eigenvalue weighted by Gasteiger charge is 2.25. The summed E-state index contributed by atoms with van der Waals surface area (Å²) >= 11 is 1.90. The molecule has 94 valence electrons. The lowest BCUT2D eigenvalue weighted by Gasteiger charge is -2.21. The van der Waals surface area contributed by atoms with Crippen molar-refractivity contribution >= 4 is 11.8 Å². The molecule has 2 heteroatoms. The predicted molar refractivity (Wildman–Crippen MR) is 75.4 cm³/mol. The van der Waals surface area contributed by atoms with Crippen molar-refractivity contribution in [2.24, 2.45) is 5.92 Å². The van der Waals surface area contributed by atoms with Gasteiger partial charge in [-0.2, -0.15) is 11.8 Å². The van der Waals surface area contributed by atoms with Crippen molar-refractivity contribution < 1.29 is 5.11 Å². The van der Waals surface area contributed by atoms with Crippen LogP contribution in [0.15, 0.2) is 24.3 Å². The van der Waals surface area contributed by atoms with Crippen molar-refractivity contribution in [3.05, 3.63) is 35.4 Å². The number of aliphatic hydroxyl groups excluding tert-OH is 1. The molecule has 0 fully saturated rings. The standard InChI is InChI=1S/C15H22OS/c1-17-11-5-9-13-8-4-7-12-6-2-3-10-14(12)15(13)16/h2-3,6,10,13,15-16H,4-5,7-9,11H2,1H3. The molecule has 1 N–H and O–H groups in total. The van der Waals surface area contributed by atoms with Crippen LogP contribution in [-0.2, 0) is 6.42 Å². The summed E-state index contributed by atoms with van der Waals surface area (Å²) < 4.78 is 0. The topological polar surface area (TPSA) is 20.2 Å². The number of fused-ring (bicyclic) bond motifs is 1. The van der Waals surface area contributed by atoms with Gasteiger partial charge in [0.05, 0.1) is 6.10 Å². The lowest BCUT2D eigenvalue weighted by Crippen LogP contribution is -2.12. The Bertz CT molecular complexity index is 351. The van der Waals surface area contributed by atoms with Gasteiger partial charge in [-0.3, -0.25) is 0 Å². The van der Waals surface area contributed by atoms with E-state index in [9.17, 15) is 5.11 Å². The van der Waals surface area contributed by atoms with Gasteiger partial charge in [0.1, 0.15) is 0 Å². The van der Waals surface area contributed by atoms with Crippen molar-refractivity contribution in [2.45, 2.75) is 38.2 Å². The van der Waals surface area contributed by atoms with Crippen molar-refractivity contribution in [1.29, 1.82) is 0 Å². The SMILES string of the molecule is CSCCCC1CCCc2ccccc2C1O. The van der Waals surface area contributed by atoms with E-state index in [0.29, 0.717) is 5.92 Å². The van der Waals surface area contributed by atoms with Crippen LogP contribution < -0.4 is 0 Å². The molecule has 0 amide bonds. The van der Waals surface area contributed by atoms with Gasteiger partial charge in [-0.05, 0) is 61.2 Å². The molecule has 2 atom stereocenters. The predicted octanol–water partition coefficient (Wildman–Crippen LogP) is 3.82. The summed E-state index contributed by atoms with van der Waals surface area (Å²) in [7, 11) is 0. The van der Waals surface area contributed by atoms with Crippen LogP contribution in [0.5, 0.6) is 0 Å². The minimum atomic E-state index is -0.240. The number of benzene rings is 1. The van der Waals surface area contributed by atoms with Crippen LogP contribution in [0.3, 0.4) is 0 Å². The molecule has 0 aromatic heterocycles. The third kappa shape index (κ3) is 3.26. The summed E-state index contributed by atoms with van der Waals surface area (Å²) in [6.07, 6.45) is 7.82. The van der Waals surface area contributed by atoms with Gasteiger partial charge in [-0.25, -0.2) is 0 Å². The highest BCUT2D eigenvalue weighted by atomic mass is 32.2. The number of thioether (sulfide) groups is 1. The average molecular weight is 250 g/mol. The first-order chi connectivity index (χ1) is 8.33. The van der Waals surface area contributed by atoms with E-state index in [4.69, 9.17) is 0 Å². The number of hydrogen-bond donors (Lipinski definition) is 1. The van der Waals surface area contributed by atoms with Gasteiger partial charge in [-0.15, -0.1) is 0 Å². The summed E-state index contributed by atoms with van der Waals surface area (Å²) in [5.74, 6) is 1.68. The number of aryl methyl sites for hydroxylation is 1. The normalized spacial score (nSPS) is 24.1. The minimum Gasteiger partial charge on any atom is -0.388 e. The van der Waals surface area contributed by atoms with E-state index in [1.54, 1.807) is 0 Å². The molecule has 0 spiro atoms. The van der Waals surface area contributed by atoms with E-state index >= 15 is 0 Å². The fraction of sp³-hybridized carbons (Fsp3) is 0.600. The maximum atomic E-state index is 10.5. The molecule has 0 bridgehead atoms. The second-order valence-corrected chi connectivity index (χ2v) is 5.92. The summed E-state index contributed by atoms with van der Waals surface area (Å²) in [6.45, 7) is 0. The van der Waals surface area contributed by atoms with E-state index in [1.165, 1.54) is 36.1 Å². The Morgan fingerprint density at radius 2 is 2.18 bits per heavy atom. The fourth-order valence-corrected chi connectivity index (χ4v) is 3.26. The van der Waals surface area contributed by atoms with Crippen LogP contribution in [0.2, 0.25) is 0 Å². The molecule has 1 aliphatic carbocycles. The molecule has 1 aromatic carbocycles. The van der Waals surface area contributed by atoms with Crippen LogP contribution in [0.1, 0.15) is 42.9 Å². The quantitative estimate of drug-likeness (QED) is 0.647. The zero-order valence-corrected chi connectivity index (χ0v) is 11.4. The van der Waals surface area contributed by atoms with Crippen LogP contribution >= 0.6 is 11.8 Å². The Labute approximate surface area is 109 Å². The maximum absolute atomic E-state index is 10.5. The lowest BCUT2D eigenvalue weighted by molar-refractivity contribution is 0.0994. The van der Waals surface area contributed by atoms with E-state index in [1.807, 2.05) is 17.8 Å². The van der Waals surface area contributed by atoms with Crippen molar-refractivity contribution in [2.75, 3.05) is 12.0 Å². The molecule has 17 heavy (non-hydrogen) atoms. The molecule has 0 aliphatic heterocycles. The first-order valence-corrected chi connectivity index (χ1v) is 7.97. The number of aliphatic hydroxyl groups is 1. The Balaban J connectivity index is 2.06. The average Bonchev–Trinajstić information content (AvgIpc) is 2.51. The number of rotatable bonds is 4. The first-order valence-electron chi connectivity index (χ1n) is 6.57. The molecule has 1 nitrogen and oxygen atoms in total. The van der Waals surface area contributed by atoms with Crippen molar-refractivity contribution in [1.82, 2.24) is 0 Å². The van der Waals surface area contributed by atoms with Gasteiger partial charge in [0, 0.05) is 0 Å². The third-order valence-corrected chi connectivity index (χ3v) is 4.46. The molecule has 0 radical (unpaired) electrons. The molecule has 2 rings (SSSR count). The van der Waals surface area contributed by atoms with Crippen LogP contribution in [0, 0.1) is 5.92 Å². The second-order valence-electron chi connectivity index (χ2n) is 4.93. The van der Waals surface area contributed by atoms with Gasteiger partial charge < -0.3 is 5.11 Å². The summed E-state index contributed by atoms with van der Waals surface area (Å²) in [4.78, 5) is 0. The zero-order chi connectivity index (χ0) is 12.1. The molecule has 1 aromatic rings. The van der Waals surface area contributed by atoms with Gasteiger partial charge >= 0.3 is 0 Å². The van der Waals surface area contributed by atoms with E-state index in [-0.39, 0.29) is 6.10 Å². The first kappa shape index (κ1) is 13.0. The fourth-order valence-electron chi connectivity index (χ4n) is 2.81. The Morgan fingerprint density at radius 1 is 1.35 bits per heavy atom. The summed E-state index contributed by atoms with van der Waals surface area (Å²) in [5, 5.41) is 10.5. The molecule has 0 saturated carbocycles. The van der Waals surface area contributed by atoms with E-state index in [0.717, 1.165) is 12.8 Å². The largest absolute Gasteiger partial charge is 0.388 e. The minimum absolute atomic E-state index is 0.240. The molecular formula is C15H22OS. The van der Waals surface area contributed by atoms with Gasteiger partial charge in [-0.1, -0.05) is 24.3 Å². The van der Waals surface area contributed by atoms with Gasteiger partial charge in [0.15, 0.2) is 0 Å². The summed E-state index contributed by atoms with van der Waals surface area (Å²) in [6, 6.07) is 8.40. The smallest absolute Gasteiger partial charge is 0.0820 e. The van der Waals surface area contributed by atoms with E-state index in [2.05, 4.69) is 24.5 Å². The maximum Gasteiger partial charge on any atom is 0.0820 e. The van der Waals surface area contributed by atoms with Crippen LogP contribution in [0.4, 0.5) is 0 Å². The molecule has 1 aliphatic rings. The molecule has 0 heterocycles. The second kappa shape index (κ2) is 6.46. The van der Waals surface area contributed by atoms with E-state index < -0.39 is 0 Å². The van der Waals surface area contributed by atoms with Crippen molar-refractivity contribution in [3.63, 3.8) is 0 Å². The molecule has 0 saturated heterocycles. The van der Waals surface area contributed by atoms with Crippen LogP contribution in [-0.4, -0.2) is 17.1 Å². The van der Waals surface area contributed by atoms with Crippen molar-refractivity contribution in [3.8, 4) is 0 Å². The number of hydrogen-bond acceptors (Lipinski definition) is 2. The Kier molecular flexibility index (Phi) is 4.93. The molecule has 2 unspecified atom stereocenters.